The van der Waals surface area contributed by atoms with Gasteiger partial charge in [-0.05, 0) is 31.8 Å². The van der Waals surface area contributed by atoms with Gasteiger partial charge in [-0.25, -0.2) is 0 Å². The first-order valence-corrected chi connectivity index (χ1v) is 7.23. The van der Waals surface area contributed by atoms with E-state index < -0.39 is 4.92 Å². The second kappa shape index (κ2) is 7.51. The number of rotatable bonds is 6. The summed E-state index contributed by atoms with van der Waals surface area (Å²) in [7, 11) is 3.91. The predicted molar refractivity (Wildman–Crippen MR) is 88.3 cm³/mol. The van der Waals surface area contributed by atoms with Crippen LogP contribution < -0.4 is 5.32 Å². The molecule has 2 aromatic rings. The molecular formula is C17H19N3O3. The molecule has 1 N–H and O–H groups in total. The maximum absolute atomic E-state index is 12.2. The van der Waals surface area contributed by atoms with Crippen LogP contribution in [0.4, 0.5) is 5.69 Å². The summed E-state index contributed by atoms with van der Waals surface area (Å²) in [5, 5.41) is 13.5. The van der Waals surface area contributed by atoms with Gasteiger partial charge < -0.3 is 10.2 Å². The van der Waals surface area contributed by atoms with Gasteiger partial charge in [-0.1, -0.05) is 30.3 Å². The number of nitro benzene ring substituents is 1. The van der Waals surface area contributed by atoms with Gasteiger partial charge in [0.15, 0.2) is 0 Å². The lowest BCUT2D eigenvalue weighted by Gasteiger charge is -2.25. The number of carbonyl (C=O) groups is 1. The molecule has 6 heteroatoms. The van der Waals surface area contributed by atoms with Crippen LogP contribution in [-0.2, 0) is 0 Å². The lowest BCUT2D eigenvalue weighted by atomic mass is 10.1. The zero-order valence-electron chi connectivity index (χ0n) is 13.1. The van der Waals surface area contributed by atoms with Gasteiger partial charge in [0.1, 0.15) is 0 Å². The van der Waals surface area contributed by atoms with Crippen LogP contribution in [0.2, 0.25) is 0 Å². The Morgan fingerprint density at radius 1 is 1.13 bits per heavy atom. The molecule has 6 nitrogen and oxygen atoms in total. The minimum atomic E-state index is -0.487. The van der Waals surface area contributed by atoms with E-state index in [9.17, 15) is 14.9 Å². The standard InChI is InChI=1S/C17H19N3O3/c1-19(2)16(13-6-4-3-5-7-13)12-18-17(21)14-8-10-15(11-9-14)20(22)23/h3-11,16H,12H2,1-2H3,(H,18,21)/t16-/m1/s1. The average Bonchev–Trinajstić information content (AvgIpc) is 2.55. The highest BCUT2D eigenvalue weighted by Gasteiger charge is 2.16. The number of likely N-dealkylation sites (N-methyl/N-ethyl adjacent to an activating group) is 1. The second-order valence-electron chi connectivity index (χ2n) is 5.40. The monoisotopic (exact) mass is 313 g/mol. The third kappa shape index (κ3) is 4.37. The third-order valence-corrected chi connectivity index (χ3v) is 3.60. The molecule has 0 fully saturated rings. The summed E-state index contributed by atoms with van der Waals surface area (Å²) in [6.45, 7) is 0.451. The van der Waals surface area contributed by atoms with E-state index in [0.717, 1.165) is 5.56 Å². The van der Waals surface area contributed by atoms with Gasteiger partial charge in [0.05, 0.1) is 11.0 Å². The zero-order valence-corrected chi connectivity index (χ0v) is 13.1. The molecule has 0 aliphatic carbocycles. The topological polar surface area (TPSA) is 75.5 Å². The van der Waals surface area contributed by atoms with E-state index in [-0.39, 0.29) is 17.6 Å². The van der Waals surface area contributed by atoms with E-state index >= 15 is 0 Å². The van der Waals surface area contributed by atoms with Crippen molar-refractivity contribution in [1.29, 1.82) is 0 Å². The molecule has 0 saturated carbocycles. The van der Waals surface area contributed by atoms with Crippen molar-refractivity contribution in [2.24, 2.45) is 0 Å². The Morgan fingerprint density at radius 2 is 1.74 bits per heavy atom. The number of benzene rings is 2. The zero-order chi connectivity index (χ0) is 16.8. The highest BCUT2D eigenvalue weighted by molar-refractivity contribution is 5.94. The molecule has 0 aliphatic heterocycles. The first-order valence-electron chi connectivity index (χ1n) is 7.23. The van der Waals surface area contributed by atoms with Gasteiger partial charge in [-0.3, -0.25) is 14.9 Å². The van der Waals surface area contributed by atoms with Crippen molar-refractivity contribution in [2.75, 3.05) is 20.6 Å². The van der Waals surface area contributed by atoms with Gasteiger partial charge in [0.2, 0.25) is 0 Å². The minimum absolute atomic E-state index is 0.0306. The maximum Gasteiger partial charge on any atom is 0.269 e. The SMILES string of the molecule is CN(C)[C@H](CNC(=O)c1ccc([N+](=O)[O-])cc1)c1ccccc1. The highest BCUT2D eigenvalue weighted by Crippen LogP contribution is 2.17. The smallest absolute Gasteiger partial charge is 0.269 e. The van der Waals surface area contributed by atoms with Crippen LogP contribution in [0.25, 0.3) is 0 Å². The van der Waals surface area contributed by atoms with Crippen LogP contribution in [0, 0.1) is 10.1 Å². The molecule has 2 aromatic carbocycles. The molecule has 0 aromatic heterocycles. The number of hydrogen-bond donors (Lipinski definition) is 1. The van der Waals surface area contributed by atoms with Crippen molar-refractivity contribution in [2.45, 2.75) is 6.04 Å². The molecule has 0 saturated heterocycles. The van der Waals surface area contributed by atoms with Crippen molar-refractivity contribution in [3.8, 4) is 0 Å². The predicted octanol–water partition coefficient (Wildman–Crippen LogP) is 2.63. The minimum Gasteiger partial charge on any atom is -0.350 e. The first-order chi connectivity index (χ1) is 11.0. The van der Waals surface area contributed by atoms with Gasteiger partial charge in [0, 0.05) is 24.2 Å². The molecule has 2 rings (SSSR count). The number of nitrogens with one attached hydrogen (secondary N) is 1. The highest BCUT2D eigenvalue weighted by atomic mass is 16.6. The molecule has 0 bridgehead atoms. The fraction of sp³-hybridized carbons (Fsp3) is 0.235. The van der Waals surface area contributed by atoms with Gasteiger partial charge in [-0.15, -0.1) is 0 Å². The summed E-state index contributed by atoms with van der Waals surface area (Å²) in [6, 6.07) is 15.5. The molecule has 0 unspecified atom stereocenters. The Balaban J connectivity index is 2.03. The van der Waals surface area contributed by atoms with E-state index in [1.54, 1.807) is 0 Å². The third-order valence-electron chi connectivity index (χ3n) is 3.60. The first kappa shape index (κ1) is 16.6. The normalized spacial score (nSPS) is 12.0. The lowest BCUT2D eigenvalue weighted by Crippen LogP contribution is -2.34. The summed E-state index contributed by atoms with van der Waals surface area (Å²) in [4.78, 5) is 24.4. The molecule has 0 radical (unpaired) electrons. The van der Waals surface area contributed by atoms with Crippen LogP contribution in [0.5, 0.6) is 0 Å². The van der Waals surface area contributed by atoms with E-state index in [4.69, 9.17) is 0 Å². The quantitative estimate of drug-likeness (QED) is 0.657. The number of carbonyl (C=O) groups excluding carboxylic acids is 1. The molecule has 1 amide bonds. The molecule has 0 spiro atoms. The largest absolute Gasteiger partial charge is 0.350 e. The molecule has 0 aliphatic rings. The molecule has 0 heterocycles. The summed E-state index contributed by atoms with van der Waals surface area (Å²) in [6.07, 6.45) is 0. The Morgan fingerprint density at radius 3 is 2.26 bits per heavy atom. The number of amides is 1. The molecule has 120 valence electrons. The van der Waals surface area contributed by atoms with Gasteiger partial charge in [0.25, 0.3) is 11.6 Å². The summed E-state index contributed by atoms with van der Waals surface area (Å²) < 4.78 is 0. The van der Waals surface area contributed by atoms with E-state index in [2.05, 4.69) is 5.32 Å². The Bertz CT molecular complexity index is 669. The fourth-order valence-corrected chi connectivity index (χ4v) is 2.30. The number of hydrogen-bond acceptors (Lipinski definition) is 4. The lowest BCUT2D eigenvalue weighted by molar-refractivity contribution is -0.384. The number of nitrogens with zero attached hydrogens (tertiary/aromatic N) is 2. The fourth-order valence-electron chi connectivity index (χ4n) is 2.30. The van der Waals surface area contributed by atoms with Crippen LogP contribution >= 0.6 is 0 Å². The molecular weight excluding hydrogens is 294 g/mol. The van der Waals surface area contributed by atoms with Crippen molar-refractivity contribution in [3.05, 3.63) is 75.8 Å². The number of non-ortho nitro benzene ring substituents is 1. The van der Waals surface area contributed by atoms with E-state index in [0.29, 0.717) is 12.1 Å². The van der Waals surface area contributed by atoms with Crippen molar-refractivity contribution in [3.63, 3.8) is 0 Å². The average molecular weight is 313 g/mol. The van der Waals surface area contributed by atoms with Crippen LogP contribution in [-0.4, -0.2) is 36.4 Å². The summed E-state index contributed by atoms with van der Waals surface area (Å²) in [5.74, 6) is -0.248. The maximum atomic E-state index is 12.2. The van der Waals surface area contributed by atoms with Crippen LogP contribution in [0.1, 0.15) is 22.0 Å². The Kier molecular flexibility index (Phi) is 5.43. The number of nitro groups is 1. The second-order valence-corrected chi connectivity index (χ2v) is 5.40. The van der Waals surface area contributed by atoms with Crippen LogP contribution in [0.15, 0.2) is 54.6 Å². The molecule has 23 heavy (non-hydrogen) atoms. The van der Waals surface area contributed by atoms with E-state index in [1.165, 1.54) is 24.3 Å². The van der Waals surface area contributed by atoms with Crippen molar-refractivity contribution >= 4 is 11.6 Å². The Labute approximate surface area is 134 Å². The van der Waals surface area contributed by atoms with E-state index in [1.807, 2.05) is 49.3 Å². The van der Waals surface area contributed by atoms with Gasteiger partial charge in [-0.2, -0.15) is 0 Å². The Hall–Kier alpha value is -2.73. The molecule has 1 atom stereocenters. The van der Waals surface area contributed by atoms with Crippen LogP contribution in [0.3, 0.4) is 0 Å². The summed E-state index contributed by atoms with van der Waals surface area (Å²) in [5.41, 5.74) is 1.49. The summed E-state index contributed by atoms with van der Waals surface area (Å²) >= 11 is 0. The van der Waals surface area contributed by atoms with Crippen molar-refractivity contribution < 1.29 is 9.72 Å². The van der Waals surface area contributed by atoms with Crippen molar-refractivity contribution in [1.82, 2.24) is 10.2 Å². The van der Waals surface area contributed by atoms with Gasteiger partial charge >= 0.3 is 0 Å².